The van der Waals surface area contributed by atoms with Crippen molar-refractivity contribution >= 4 is 11.9 Å². The molecule has 0 amide bonds. The van der Waals surface area contributed by atoms with E-state index in [0.29, 0.717) is 0 Å². The van der Waals surface area contributed by atoms with E-state index in [9.17, 15) is 9.59 Å². The Morgan fingerprint density at radius 1 is 1.44 bits per heavy atom. The first-order valence-electron chi connectivity index (χ1n) is 5.47. The van der Waals surface area contributed by atoms with Crippen molar-refractivity contribution in [1.29, 1.82) is 0 Å². The summed E-state index contributed by atoms with van der Waals surface area (Å²) in [6.45, 7) is 0.0650. The quantitative estimate of drug-likeness (QED) is 0.518. The van der Waals surface area contributed by atoms with Crippen molar-refractivity contribution in [2.24, 2.45) is 0 Å². The molecule has 6 heteroatoms. The van der Waals surface area contributed by atoms with Crippen LogP contribution in [0, 0.1) is 12.3 Å². The molecule has 100 valence electrons. The summed E-state index contributed by atoms with van der Waals surface area (Å²) in [5.74, 6) is 0.396. The van der Waals surface area contributed by atoms with Crippen molar-refractivity contribution in [2.75, 3.05) is 20.8 Å². The monoisotopic (exact) mass is 256 g/mol. The largest absolute Gasteiger partial charge is 0.469 e. The van der Waals surface area contributed by atoms with E-state index >= 15 is 0 Å². The Kier molecular flexibility index (Phi) is 5.13. The van der Waals surface area contributed by atoms with E-state index in [2.05, 4.69) is 15.4 Å². The number of esters is 2. The van der Waals surface area contributed by atoms with Crippen molar-refractivity contribution in [1.82, 2.24) is 0 Å². The molecule has 0 saturated carbocycles. The van der Waals surface area contributed by atoms with E-state index in [1.54, 1.807) is 0 Å². The molecule has 1 aliphatic rings. The van der Waals surface area contributed by atoms with Crippen molar-refractivity contribution in [2.45, 2.75) is 31.2 Å². The fraction of sp³-hybridized carbons (Fsp3) is 0.667. The van der Waals surface area contributed by atoms with Crippen LogP contribution in [-0.4, -0.2) is 44.7 Å². The standard InChI is InChI=1S/C12H16O6/c1-4-6-12(7-5-10(13)15-2)17-8-9(18-12)11(14)16-3/h1,9H,5-8H2,2-3H3/t9-,12-/m1/s1. The molecule has 1 saturated heterocycles. The minimum Gasteiger partial charge on any atom is -0.469 e. The second-order valence-corrected chi connectivity index (χ2v) is 3.81. The lowest BCUT2D eigenvalue weighted by atomic mass is 10.1. The van der Waals surface area contributed by atoms with Crippen molar-refractivity contribution in [3.05, 3.63) is 0 Å². The molecule has 0 aromatic rings. The highest BCUT2D eigenvalue weighted by Crippen LogP contribution is 2.32. The molecule has 1 heterocycles. The molecule has 0 spiro atoms. The molecular weight excluding hydrogens is 240 g/mol. The van der Waals surface area contributed by atoms with Crippen LogP contribution >= 0.6 is 0 Å². The first-order valence-corrected chi connectivity index (χ1v) is 5.47. The minimum atomic E-state index is -1.11. The summed E-state index contributed by atoms with van der Waals surface area (Å²) in [4.78, 5) is 22.4. The molecule has 1 aliphatic heterocycles. The van der Waals surface area contributed by atoms with Gasteiger partial charge in [-0.15, -0.1) is 12.3 Å². The van der Waals surface area contributed by atoms with Crippen LogP contribution in [0.15, 0.2) is 0 Å². The zero-order valence-corrected chi connectivity index (χ0v) is 10.4. The van der Waals surface area contributed by atoms with Crippen LogP contribution in [0.4, 0.5) is 0 Å². The zero-order chi connectivity index (χ0) is 13.6. The van der Waals surface area contributed by atoms with Crippen LogP contribution in [-0.2, 0) is 28.5 Å². The number of carbonyl (C=O) groups is 2. The Morgan fingerprint density at radius 3 is 2.72 bits per heavy atom. The third-order valence-electron chi connectivity index (χ3n) is 2.63. The lowest BCUT2D eigenvalue weighted by Crippen LogP contribution is -2.33. The van der Waals surface area contributed by atoms with Gasteiger partial charge in [0.15, 0.2) is 11.9 Å². The lowest BCUT2D eigenvalue weighted by molar-refractivity contribution is -0.185. The third kappa shape index (κ3) is 3.45. The van der Waals surface area contributed by atoms with Crippen molar-refractivity contribution < 1.29 is 28.5 Å². The molecule has 0 radical (unpaired) electrons. The van der Waals surface area contributed by atoms with Crippen LogP contribution in [0.1, 0.15) is 19.3 Å². The Balaban J connectivity index is 2.63. The average Bonchev–Trinajstić information content (AvgIpc) is 2.80. The highest BCUT2D eigenvalue weighted by Gasteiger charge is 2.44. The van der Waals surface area contributed by atoms with E-state index < -0.39 is 17.9 Å². The van der Waals surface area contributed by atoms with Gasteiger partial charge in [0.2, 0.25) is 0 Å². The number of methoxy groups -OCH3 is 2. The Bertz CT molecular complexity index is 358. The summed E-state index contributed by atoms with van der Waals surface area (Å²) in [5.41, 5.74) is 0. The third-order valence-corrected chi connectivity index (χ3v) is 2.63. The van der Waals surface area contributed by atoms with Gasteiger partial charge in [-0.3, -0.25) is 4.79 Å². The Morgan fingerprint density at radius 2 is 2.17 bits per heavy atom. The number of hydrogen-bond donors (Lipinski definition) is 0. The molecule has 6 nitrogen and oxygen atoms in total. The normalized spacial score (nSPS) is 26.4. The molecule has 1 rings (SSSR count). The number of ether oxygens (including phenoxy) is 4. The van der Waals surface area contributed by atoms with E-state index in [1.807, 2.05) is 0 Å². The van der Waals surface area contributed by atoms with Gasteiger partial charge in [-0.1, -0.05) is 0 Å². The van der Waals surface area contributed by atoms with Gasteiger partial charge in [-0.2, -0.15) is 0 Å². The van der Waals surface area contributed by atoms with E-state index in [-0.39, 0.29) is 31.8 Å². The molecule has 0 unspecified atom stereocenters. The summed E-state index contributed by atoms with van der Waals surface area (Å²) >= 11 is 0. The number of hydrogen-bond acceptors (Lipinski definition) is 6. The van der Waals surface area contributed by atoms with Crippen LogP contribution in [0.3, 0.4) is 0 Å². The molecule has 2 atom stereocenters. The molecule has 0 aromatic heterocycles. The van der Waals surface area contributed by atoms with Crippen molar-refractivity contribution in [3.8, 4) is 12.3 Å². The number of carbonyl (C=O) groups excluding carboxylic acids is 2. The van der Waals surface area contributed by atoms with Gasteiger partial charge in [0.05, 0.1) is 33.7 Å². The van der Waals surface area contributed by atoms with Crippen LogP contribution in [0.5, 0.6) is 0 Å². The molecule has 1 fully saturated rings. The Hall–Kier alpha value is -1.58. The first-order chi connectivity index (χ1) is 8.56. The van der Waals surface area contributed by atoms with Gasteiger partial charge in [0, 0.05) is 6.42 Å². The van der Waals surface area contributed by atoms with E-state index in [0.717, 1.165) is 0 Å². The van der Waals surface area contributed by atoms with Gasteiger partial charge in [0.25, 0.3) is 0 Å². The molecule has 0 bridgehead atoms. The molecule has 0 aromatic carbocycles. The smallest absolute Gasteiger partial charge is 0.337 e. The Labute approximate surface area is 106 Å². The van der Waals surface area contributed by atoms with Crippen LogP contribution in [0.2, 0.25) is 0 Å². The van der Waals surface area contributed by atoms with Gasteiger partial charge in [-0.25, -0.2) is 4.79 Å². The predicted octanol–water partition coefficient (Wildman–Crippen LogP) is 0.248. The van der Waals surface area contributed by atoms with Crippen molar-refractivity contribution in [3.63, 3.8) is 0 Å². The molecule has 0 N–H and O–H groups in total. The van der Waals surface area contributed by atoms with Gasteiger partial charge < -0.3 is 18.9 Å². The topological polar surface area (TPSA) is 71.1 Å². The van der Waals surface area contributed by atoms with Gasteiger partial charge in [0.1, 0.15) is 0 Å². The van der Waals surface area contributed by atoms with Crippen LogP contribution in [0.25, 0.3) is 0 Å². The lowest BCUT2D eigenvalue weighted by Gasteiger charge is -2.25. The minimum absolute atomic E-state index is 0.0650. The van der Waals surface area contributed by atoms with E-state index in [1.165, 1.54) is 14.2 Å². The maximum absolute atomic E-state index is 11.3. The fourth-order valence-corrected chi connectivity index (χ4v) is 1.66. The maximum Gasteiger partial charge on any atom is 0.337 e. The molecule has 18 heavy (non-hydrogen) atoms. The second-order valence-electron chi connectivity index (χ2n) is 3.81. The zero-order valence-electron chi connectivity index (χ0n) is 10.4. The average molecular weight is 256 g/mol. The second kappa shape index (κ2) is 6.38. The first kappa shape index (κ1) is 14.5. The van der Waals surface area contributed by atoms with Crippen LogP contribution < -0.4 is 0 Å². The van der Waals surface area contributed by atoms with E-state index in [4.69, 9.17) is 15.9 Å². The number of rotatable bonds is 5. The predicted molar refractivity (Wildman–Crippen MR) is 60.3 cm³/mol. The summed E-state index contributed by atoms with van der Waals surface area (Å²) in [6, 6.07) is 0. The van der Waals surface area contributed by atoms with Gasteiger partial charge in [-0.05, 0) is 0 Å². The SMILES string of the molecule is C#CC[C@@]1(CCC(=O)OC)OC[C@H](C(=O)OC)O1. The van der Waals surface area contributed by atoms with Gasteiger partial charge >= 0.3 is 11.9 Å². The highest BCUT2D eigenvalue weighted by atomic mass is 16.8. The summed E-state index contributed by atoms with van der Waals surface area (Å²) in [7, 11) is 2.56. The maximum atomic E-state index is 11.3. The fourth-order valence-electron chi connectivity index (χ4n) is 1.66. The highest BCUT2D eigenvalue weighted by molar-refractivity contribution is 5.75. The molecular formula is C12H16O6. The summed E-state index contributed by atoms with van der Waals surface area (Å²) < 4.78 is 20.0. The summed E-state index contributed by atoms with van der Waals surface area (Å²) in [6.07, 6.45) is 4.93. The number of terminal acetylenes is 1. The molecule has 0 aliphatic carbocycles. The summed E-state index contributed by atoms with van der Waals surface area (Å²) in [5, 5.41) is 0.